The first-order valence-corrected chi connectivity index (χ1v) is 12.2. The van der Waals surface area contributed by atoms with Crippen LogP contribution in [0.25, 0.3) is 0 Å². The molecule has 3 aromatic rings. The zero-order valence-corrected chi connectivity index (χ0v) is 21.0. The first-order chi connectivity index (χ1) is 18.5. The number of hydrazone groups is 1. The minimum Gasteiger partial charge on any atom is -0.497 e. The van der Waals surface area contributed by atoms with E-state index in [1.54, 1.807) is 60.8 Å². The average molecular weight is 512 g/mol. The molecule has 0 unspecified atom stereocenters. The topological polar surface area (TPSA) is 97.7 Å². The molecular weight excluding hydrogens is 486 g/mol. The Labute approximate surface area is 219 Å². The molecule has 0 saturated carbocycles. The van der Waals surface area contributed by atoms with Gasteiger partial charge in [-0.15, -0.1) is 0 Å². The predicted molar refractivity (Wildman–Crippen MR) is 139 cm³/mol. The number of benzene rings is 3. The monoisotopic (exact) mass is 511 g/mol. The number of hydrogen-bond acceptors (Lipinski definition) is 8. The van der Waals surface area contributed by atoms with Gasteiger partial charge >= 0.3 is 0 Å². The van der Waals surface area contributed by atoms with Gasteiger partial charge in [-0.05, 0) is 47.5 Å². The molecule has 6 rings (SSSR count). The van der Waals surface area contributed by atoms with Crippen molar-refractivity contribution in [1.82, 2.24) is 5.01 Å². The Balaban J connectivity index is 1.49. The SMILES string of the molecule is COc1ccc(C(=O)[C@H]2[C@@H]3C(=O)N(c4cc(OC)ccc4OC)C(=O)[C@@H]3[C@H]3c4ccccc4C=NN32)cc1. The highest BCUT2D eigenvalue weighted by molar-refractivity contribution is 6.25. The van der Waals surface area contributed by atoms with Crippen LogP contribution in [0, 0.1) is 11.8 Å². The van der Waals surface area contributed by atoms with Crippen LogP contribution in [0.5, 0.6) is 17.2 Å². The molecule has 0 N–H and O–H groups in total. The summed E-state index contributed by atoms with van der Waals surface area (Å²) >= 11 is 0. The van der Waals surface area contributed by atoms with E-state index in [-0.39, 0.29) is 11.5 Å². The van der Waals surface area contributed by atoms with Gasteiger partial charge in [-0.3, -0.25) is 19.4 Å². The molecule has 2 amide bonds. The van der Waals surface area contributed by atoms with E-state index < -0.39 is 35.7 Å². The molecule has 2 saturated heterocycles. The van der Waals surface area contributed by atoms with Gasteiger partial charge in [-0.1, -0.05) is 24.3 Å². The number of anilines is 1. The number of methoxy groups -OCH3 is 3. The van der Waals surface area contributed by atoms with E-state index in [9.17, 15) is 14.4 Å². The largest absolute Gasteiger partial charge is 0.497 e. The molecule has 38 heavy (non-hydrogen) atoms. The van der Waals surface area contributed by atoms with Crippen LogP contribution in [0.15, 0.2) is 71.8 Å². The van der Waals surface area contributed by atoms with Crippen LogP contribution < -0.4 is 19.1 Å². The lowest BCUT2D eigenvalue weighted by atomic mass is 9.83. The Hall–Kier alpha value is -4.66. The van der Waals surface area contributed by atoms with Crippen LogP contribution in [0.2, 0.25) is 0 Å². The van der Waals surface area contributed by atoms with Crippen molar-refractivity contribution in [1.29, 1.82) is 0 Å². The number of fused-ring (bicyclic) bond motifs is 5. The van der Waals surface area contributed by atoms with Gasteiger partial charge in [0.1, 0.15) is 23.3 Å². The van der Waals surface area contributed by atoms with Crippen molar-refractivity contribution in [2.75, 3.05) is 26.2 Å². The maximum atomic E-state index is 14.1. The Kier molecular flexibility index (Phi) is 5.63. The van der Waals surface area contributed by atoms with E-state index in [1.165, 1.54) is 14.2 Å². The number of ketones is 1. The third-order valence-electron chi connectivity index (χ3n) is 7.56. The average Bonchev–Trinajstić information content (AvgIpc) is 3.44. The fraction of sp³-hybridized carbons (Fsp3) is 0.241. The lowest BCUT2D eigenvalue weighted by Gasteiger charge is -2.34. The first-order valence-electron chi connectivity index (χ1n) is 12.2. The van der Waals surface area contributed by atoms with E-state index in [0.717, 1.165) is 16.0 Å². The van der Waals surface area contributed by atoms with Crippen molar-refractivity contribution >= 4 is 29.5 Å². The summed E-state index contributed by atoms with van der Waals surface area (Å²) in [6.07, 6.45) is 1.68. The Morgan fingerprint density at radius 1 is 0.816 bits per heavy atom. The molecule has 0 aliphatic carbocycles. The maximum absolute atomic E-state index is 14.1. The number of rotatable bonds is 6. The van der Waals surface area contributed by atoms with Crippen LogP contribution in [-0.2, 0) is 9.59 Å². The summed E-state index contributed by atoms with van der Waals surface area (Å²) in [6, 6.07) is 17.7. The highest BCUT2D eigenvalue weighted by Crippen LogP contribution is 2.54. The minimum absolute atomic E-state index is 0.283. The van der Waals surface area contributed by atoms with Crippen molar-refractivity contribution in [2.24, 2.45) is 16.9 Å². The molecule has 4 atom stereocenters. The summed E-state index contributed by atoms with van der Waals surface area (Å²) in [6.45, 7) is 0. The van der Waals surface area contributed by atoms with Gasteiger partial charge < -0.3 is 14.2 Å². The zero-order chi connectivity index (χ0) is 26.6. The molecule has 3 aliphatic rings. The normalized spacial score (nSPS) is 23.1. The van der Waals surface area contributed by atoms with E-state index >= 15 is 0 Å². The van der Waals surface area contributed by atoms with E-state index in [0.29, 0.717) is 22.8 Å². The molecular formula is C29H25N3O6. The number of carbonyl (C=O) groups is 3. The number of nitrogens with zero attached hydrogens (tertiary/aromatic N) is 3. The summed E-state index contributed by atoms with van der Waals surface area (Å²) in [5.41, 5.74) is 2.39. The molecule has 192 valence electrons. The molecule has 3 heterocycles. The molecule has 9 heteroatoms. The van der Waals surface area contributed by atoms with E-state index in [1.807, 2.05) is 24.3 Å². The minimum atomic E-state index is -0.971. The highest BCUT2D eigenvalue weighted by atomic mass is 16.5. The smallest absolute Gasteiger partial charge is 0.240 e. The summed E-state index contributed by atoms with van der Waals surface area (Å²) in [4.78, 5) is 43.4. The number of hydrogen-bond donors (Lipinski definition) is 0. The van der Waals surface area contributed by atoms with Gasteiger partial charge in [0.05, 0.1) is 51.1 Å². The Morgan fingerprint density at radius 3 is 2.21 bits per heavy atom. The molecule has 0 radical (unpaired) electrons. The molecule has 3 aromatic carbocycles. The molecule has 2 fully saturated rings. The first kappa shape index (κ1) is 23.7. The summed E-state index contributed by atoms with van der Waals surface area (Å²) in [5.74, 6) is -1.49. The lowest BCUT2D eigenvalue weighted by Crippen LogP contribution is -2.44. The van der Waals surface area contributed by atoms with Crippen molar-refractivity contribution in [3.63, 3.8) is 0 Å². The summed E-state index contributed by atoms with van der Waals surface area (Å²) < 4.78 is 16.1. The van der Waals surface area contributed by atoms with Crippen LogP contribution >= 0.6 is 0 Å². The van der Waals surface area contributed by atoms with Crippen molar-refractivity contribution in [2.45, 2.75) is 12.1 Å². The van der Waals surface area contributed by atoms with Crippen LogP contribution in [0.4, 0.5) is 5.69 Å². The second-order valence-corrected chi connectivity index (χ2v) is 9.34. The third-order valence-corrected chi connectivity index (χ3v) is 7.56. The van der Waals surface area contributed by atoms with Gasteiger partial charge in [-0.25, -0.2) is 4.90 Å². The number of ether oxygens (including phenoxy) is 3. The fourth-order valence-corrected chi connectivity index (χ4v) is 5.80. The quantitative estimate of drug-likeness (QED) is 0.369. The van der Waals surface area contributed by atoms with E-state index in [4.69, 9.17) is 14.2 Å². The second kappa shape index (κ2) is 9.02. The van der Waals surface area contributed by atoms with Crippen LogP contribution in [0.1, 0.15) is 27.5 Å². The highest BCUT2D eigenvalue weighted by Gasteiger charge is 2.65. The number of amides is 2. The van der Waals surface area contributed by atoms with Crippen molar-refractivity contribution in [3.8, 4) is 17.2 Å². The van der Waals surface area contributed by atoms with Crippen molar-refractivity contribution in [3.05, 3.63) is 83.4 Å². The lowest BCUT2D eigenvalue weighted by molar-refractivity contribution is -0.124. The summed E-state index contributed by atoms with van der Waals surface area (Å²) in [5, 5.41) is 6.24. The van der Waals surface area contributed by atoms with E-state index in [2.05, 4.69) is 5.10 Å². The third kappa shape index (κ3) is 3.38. The molecule has 9 nitrogen and oxygen atoms in total. The summed E-state index contributed by atoms with van der Waals surface area (Å²) in [7, 11) is 4.53. The molecule has 0 aromatic heterocycles. The van der Waals surface area contributed by atoms with Gasteiger partial charge in [0, 0.05) is 11.6 Å². The number of imide groups is 1. The Morgan fingerprint density at radius 2 is 1.50 bits per heavy atom. The van der Waals surface area contributed by atoms with Gasteiger partial charge in [-0.2, -0.15) is 5.10 Å². The zero-order valence-electron chi connectivity index (χ0n) is 21.0. The number of carbonyl (C=O) groups excluding carboxylic acids is 3. The van der Waals surface area contributed by atoms with Crippen LogP contribution in [0.3, 0.4) is 0 Å². The maximum Gasteiger partial charge on any atom is 0.240 e. The predicted octanol–water partition coefficient (Wildman–Crippen LogP) is 3.47. The van der Waals surface area contributed by atoms with Gasteiger partial charge in [0.25, 0.3) is 0 Å². The van der Waals surface area contributed by atoms with Crippen LogP contribution in [-0.4, -0.2) is 56.2 Å². The molecule has 0 spiro atoms. The number of Topliss-reactive ketones (excluding diaryl/α,β-unsaturated/α-hetero) is 1. The molecule has 0 bridgehead atoms. The second-order valence-electron chi connectivity index (χ2n) is 9.34. The van der Waals surface area contributed by atoms with Gasteiger partial charge in [0.15, 0.2) is 5.78 Å². The molecule has 3 aliphatic heterocycles. The standard InChI is InChI=1S/C29H25N3O6/c1-36-18-10-8-16(9-11-18)27(33)26-24-23(25-20-7-5-4-6-17(20)15-30-32(25)26)28(34)31(29(24)35)21-14-19(37-2)12-13-22(21)38-3/h4-15,23-26H,1-3H3/t23-,24+,25+,26+/m0/s1. The van der Waals surface area contributed by atoms with Gasteiger partial charge in [0.2, 0.25) is 11.8 Å². The Bertz CT molecular complexity index is 1480. The van der Waals surface area contributed by atoms with Crippen molar-refractivity contribution < 1.29 is 28.6 Å². The fourth-order valence-electron chi connectivity index (χ4n) is 5.80.